The molecule has 0 radical (unpaired) electrons. The molecular formula is C10H21N3O3S. The quantitative estimate of drug-likeness (QED) is 0.706. The molecule has 0 spiro atoms. The van der Waals surface area contributed by atoms with Gasteiger partial charge in [-0.3, -0.25) is 0 Å². The van der Waals surface area contributed by atoms with E-state index in [0.717, 1.165) is 19.4 Å². The molecule has 2 aliphatic heterocycles. The molecule has 0 aliphatic carbocycles. The van der Waals surface area contributed by atoms with E-state index in [1.807, 2.05) is 6.92 Å². The van der Waals surface area contributed by atoms with Gasteiger partial charge in [-0.2, -0.15) is 17.4 Å². The highest BCUT2D eigenvalue weighted by Gasteiger charge is 2.35. The number of hydrogen-bond acceptors (Lipinski definition) is 4. The van der Waals surface area contributed by atoms with Crippen LogP contribution in [0.2, 0.25) is 0 Å². The van der Waals surface area contributed by atoms with Gasteiger partial charge in [-0.1, -0.05) is 0 Å². The van der Waals surface area contributed by atoms with Crippen molar-refractivity contribution in [2.75, 3.05) is 39.4 Å². The Morgan fingerprint density at radius 2 is 2.06 bits per heavy atom. The molecule has 2 saturated heterocycles. The number of hydrogen-bond donors (Lipinski definition) is 2. The Labute approximate surface area is 103 Å². The van der Waals surface area contributed by atoms with E-state index < -0.39 is 15.7 Å². The van der Waals surface area contributed by atoms with Crippen molar-refractivity contribution in [3.05, 3.63) is 0 Å². The monoisotopic (exact) mass is 263 g/mol. The Balaban J connectivity index is 2.00. The predicted octanol–water partition coefficient (Wildman–Crippen LogP) is -0.705. The maximum atomic E-state index is 12.2. The summed E-state index contributed by atoms with van der Waals surface area (Å²) in [6, 6.07) is 0. The van der Waals surface area contributed by atoms with Crippen molar-refractivity contribution in [3.8, 4) is 0 Å². The maximum Gasteiger partial charge on any atom is 0.280 e. The lowest BCUT2D eigenvalue weighted by molar-refractivity contribution is 0.0378. The summed E-state index contributed by atoms with van der Waals surface area (Å²) in [6.45, 7) is 5.59. The molecule has 2 N–H and O–H groups in total. The van der Waals surface area contributed by atoms with Crippen LogP contribution in [0, 0.1) is 0 Å². The molecule has 0 saturated carbocycles. The topological polar surface area (TPSA) is 70.7 Å². The van der Waals surface area contributed by atoms with Crippen LogP contribution in [-0.4, -0.2) is 57.7 Å². The highest BCUT2D eigenvalue weighted by atomic mass is 32.2. The van der Waals surface area contributed by atoms with Gasteiger partial charge in [0, 0.05) is 32.8 Å². The molecule has 17 heavy (non-hydrogen) atoms. The van der Waals surface area contributed by atoms with Gasteiger partial charge in [0.1, 0.15) is 0 Å². The fourth-order valence-corrected chi connectivity index (χ4v) is 3.85. The summed E-state index contributed by atoms with van der Waals surface area (Å²) in [5.41, 5.74) is -0.456. The minimum Gasteiger partial charge on any atom is -0.380 e. The molecule has 0 amide bonds. The highest BCUT2D eigenvalue weighted by molar-refractivity contribution is 7.87. The van der Waals surface area contributed by atoms with E-state index in [0.29, 0.717) is 32.8 Å². The standard InChI is InChI=1S/C10H21N3O3S/c1-10(3-2-8-16-9-10)12-17(14,15)13-6-4-11-5-7-13/h11-12H,2-9H2,1H3. The molecule has 1 atom stereocenters. The summed E-state index contributed by atoms with van der Waals surface area (Å²) < 4.78 is 34.0. The van der Waals surface area contributed by atoms with E-state index in [1.54, 1.807) is 0 Å². The number of rotatable bonds is 3. The SMILES string of the molecule is CC1(NS(=O)(=O)N2CCNCC2)CCCOC1. The molecule has 6 nitrogen and oxygen atoms in total. The highest BCUT2D eigenvalue weighted by Crippen LogP contribution is 2.20. The van der Waals surface area contributed by atoms with Crippen LogP contribution < -0.4 is 10.0 Å². The average Bonchev–Trinajstić information content (AvgIpc) is 2.30. The third kappa shape index (κ3) is 3.38. The van der Waals surface area contributed by atoms with Crippen LogP contribution in [0.1, 0.15) is 19.8 Å². The number of nitrogens with one attached hydrogen (secondary N) is 2. The number of nitrogens with zero attached hydrogens (tertiary/aromatic N) is 1. The minimum atomic E-state index is -3.38. The van der Waals surface area contributed by atoms with Gasteiger partial charge in [0.2, 0.25) is 0 Å². The van der Waals surface area contributed by atoms with Crippen LogP contribution in [0.3, 0.4) is 0 Å². The predicted molar refractivity (Wildman–Crippen MR) is 65.0 cm³/mol. The molecule has 1 unspecified atom stereocenters. The molecule has 2 rings (SSSR count). The molecule has 2 aliphatic rings. The summed E-state index contributed by atoms with van der Waals surface area (Å²) in [4.78, 5) is 0. The smallest absolute Gasteiger partial charge is 0.280 e. The summed E-state index contributed by atoms with van der Waals surface area (Å²) in [7, 11) is -3.38. The van der Waals surface area contributed by atoms with Gasteiger partial charge < -0.3 is 10.1 Å². The first-order valence-corrected chi connectivity index (χ1v) is 7.53. The third-order valence-corrected chi connectivity index (χ3v) is 5.02. The van der Waals surface area contributed by atoms with E-state index in [1.165, 1.54) is 4.31 Å². The molecule has 2 heterocycles. The minimum absolute atomic E-state index is 0.456. The van der Waals surface area contributed by atoms with Crippen molar-refractivity contribution in [2.24, 2.45) is 0 Å². The van der Waals surface area contributed by atoms with Gasteiger partial charge >= 0.3 is 0 Å². The Hall–Kier alpha value is -0.210. The second-order valence-electron chi connectivity index (χ2n) is 4.97. The third-order valence-electron chi connectivity index (χ3n) is 3.23. The lowest BCUT2D eigenvalue weighted by atomic mass is 9.97. The van der Waals surface area contributed by atoms with Crippen LogP contribution in [0.15, 0.2) is 0 Å². The maximum absolute atomic E-state index is 12.2. The Morgan fingerprint density at radius 3 is 2.65 bits per heavy atom. The van der Waals surface area contributed by atoms with Gasteiger partial charge in [-0.15, -0.1) is 0 Å². The summed E-state index contributed by atoms with van der Waals surface area (Å²) in [5.74, 6) is 0. The molecule has 2 fully saturated rings. The zero-order valence-corrected chi connectivity index (χ0v) is 11.1. The van der Waals surface area contributed by atoms with Crippen molar-refractivity contribution in [1.82, 2.24) is 14.3 Å². The fourth-order valence-electron chi connectivity index (χ4n) is 2.28. The molecular weight excluding hydrogens is 242 g/mol. The van der Waals surface area contributed by atoms with Crippen molar-refractivity contribution in [1.29, 1.82) is 0 Å². The Morgan fingerprint density at radius 1 is 1.35 bits per heavy atom. The zero-order valence-electron chi connectivity index (χ0n) is 10.2. The number of piperazine rings is 1. The summed E-state index contributed by atoms with van der Waals surface area (Å²) in [6.07, 6.45) is 1.74. The second-order valence-corrected chi connectivity index (χ2v) is 6.64. The first-order chi connectivity index (χ1) is 8.02. The van der Waals surface area contributed by atoms with Crippen molar-refractivity contribution in [2.45, 2.75) is 25.3 Å². The Bertz CT molecular complexity index is 346. The lowest BCUT2D eigenvalue weighted by Gasteiger charge is -2.36. The second kappa shape index (κ2) is 5.19. The number of ether oxygens (including phenoxy) is 1. The molecule has 0 aromatic carbocycles. The van der Waals surface area contributed by atoms with Crippen LogP contribution >= 0.6 is 0 Å². The molecule has 0 bridgehead atoms. The largest absolute Gasteiger partial charge is 0.380 e. The van der Waals surface area contributed by atoms with Crippen molar-refractivity contribution >= 4 is 10.2 Å². The molecule has 0 aromatic rings. The molecule has 7 heteroatoms. The Kier molecular flexibility index (Phi) is 4.04. The van der Waals surface area contributed by atoms with Gasteiger partial charge in [0.25, 0.3) is 10.2 Å². The van der Waals surface area contributed by atoms with Gasteiger partial charge in [-0.25, -0.2) is 0 Å². The van der Waals surface area contributed by atoms with Crippen LogP contribution in [0.5, 0.6) is 0 Å². The van der Waals surface area contributed by atoms with Crippen LogP contribution in [-0.2, 0) is 14.9 Å². The summed E-state index contributed by atoms with van der Waals surface area (Å²) >= 11 is 0. The van der Waals surface area contributed by atoms with Gasteiger partial charge in [0.05, 0.1) is 12.1 Å². The normalized spacial score (nSPS) is 32.5. The van der Waals surface area contributed by atoms with E-state index in [9.17, 15) is 8.42 Å². The van der Waals surface area contributed by atoms with Crippen molar-refractivity contribution < 1.29 is 13.2 Å². The molecule has 100 valence electrons. The van der Waals surface area contributed by atoms with Crippen LogP contribution in [0.4, 0.5) is 0 Å². The molecule has 0 aromatic heterocycles. The zero-order chi connectivity index (χ0) is 12.4. The average molecular weight is 263 g/mol. The first-order valence-electron chi connectivity index (χ1n) is 6.09. The van der Waals surface area contributed by atoms with Gasteiger partial charge in [-0.05, 0) is 19.8 Å². The lowest BCUT2D eigenvalue weighted by Crippen LogP contribution is -2.58. The van der Waals surface area contributed by atoms with E-state index in [2.05, 4.69) is 10.0 Å². The van der Waals surface area contributed by atoms with Crippen LogP contribution in [0.25, 0.3) is 0 Å². The van der Waals surface area contributed by atoms with Gasteiger partial charge in [0.15, 0.2) is 0 Å². The van der Waals surface area contributed by atoms with E-state index in [-0.39, 0.29) is 0 Å². The fraction of sp³-hybridized carbons (Fsp3) is 1.00. The van der Waals surface area contributed by atoms with E-state index in [4.69, 9.17) is 4.74 Å². The van der Waals surface area contributed by atoms with E-state index >= 15 is 0 Å². The summed E-state index contributed by atoms with van der Waals surface area (Å²) in [5, 5.41) is 3.14. The first kappa shape index (κ1) is 13.2. The van der Waals surface area contributed by atoms with Crippen molar-refractivity contribution in [3.63, 3.8) is 0 Å².